The van der Waals surface area contributed by atoms with Crippen molar-refractivity contribution >= 4 is 11.9 Å². The lowest BCUT2D eigenvalue weighted by Crippen LogP contribution is -2.40. The van der Waals surface area contributed by atoms with Crippen LogP contribution in [-0.4, -0.2) is 29.9 Å². The van der Waals surface area contributed by atoms with E-state index in [0.717, 1.165) is 12.0 Å². The molecule has 1 heterocycles. The number of para-hydroxylation sites is 2. The van der Waals surface area contributed by atoms with Crippen molar-refractivity contribution in [3.05, 3.63) is 59.7 Å². The Kier molecular flexibility index (Phi) is 5.56. The molecule has 2 aromatic rings. The normalized spacial score (nSPS) is 15.9. The van der Waals surface area contributed by atoms with Gasteiger partial charge in [0.1, 0.15) is 0 Å². The number of hydrogen-bond donors (Lipinski definition) is 0. The molecule has 1 atom stereocenters. The van der Waals surface area contributed by atoms with E-state index in [9.17, 15) is 9.59 Å². The Balaban J connectivity index is 1.80. The summed E-state index contributed by atoms with van der Waals surface area (Å²) in [5.41, 5.74) is 2.20. The molecule has 0 fully saturated rings. The summed E-state index contributed by atoms with van der Waals surface area (Å²) in [5, 5.41) is 0. The van der Waals surface area contributed by atoms with Crippen LogP contribution in [0.5, 0.6) is 11.5 Å². The monoisotopic (exact) mass is 353 g/mol. The van der Waals surface area contributed by atoms with Crippen molar-refractivity contribution < 1.29 is 19.1 Å². The first-order valence-electron chi connectivity index (χ1n) is 8.87. The highest BCUT2D eigenvalue weighted by atomic mass is 16.6. The summed E-state index contributed by atoms with van der Waals surface area (Å²) in [6.45, 7) is 4.52. The predicted octanol–water partition coefficient (Wildman–Crippen LogP) is 3.53. The highest BCUT2D eigenvalue weighted by Gasteiger charge is 2.31. The van der Waals surface area contributed by atoms with E-state index in [2.05, 4.69) is 6.07 Å². The first kappa shape index (κ1) is 18.0. The maximum absolute atomic E-state index is 12.6. The number of esters is 1. The number of fused-ring (bicyclic) bond motifs is 1. The molecule has 1 aliphatic rings. The molecule has 5 nitrogen and oxygen atoms in total. The topological polar surface area (TPSA) is 55.8 Å². The largest absolute Gasteiger partial charge is 0.490 e. The highest BCUT2D eigenvalue weighted by molar-refractivity contribution is 5.78. The molecule has 26 heavy (non-hydrogen) atoms. The van der Waals surface area contributed by atoms with Gasteiger partial charge in [0, 0.05) is 13.5 Å². The lowest BCUT2D eigenvalue weighted by molar-refractivity contribution is -0.138. The summed E-state index contributed by atoms with van der Waals surface area (Å²) in [7, 11) is 0. The fourth-order valence-electron chi connectivity index (χ4n) is 3.38. The van der Waals surface area contributed by atoms with E-state index in [4.69, 9.17) is 9.47 Å². The summed E-state index contributed by atoms with van der Waals surface area (Å²) in [6, 6.07) is 14.8. The van der Waals surface area contributed by atoms with Crippen LogP contribution in [0, 0.1) is 0 Å². The fraction of sp³-hybridized carbons (Fsp3) is 0.333. The maximum Gasteiger partial charge on any atom is 0.313 e. The van der Waals surface area contributed by atoms with Gasteiger partial charge in [-0.15, -0.1) is 0 Å². The molecule has 0 saturated carbocycles. The molecular formula is C21H23NO4. The molecule has 1 unspecified atom stereocenters. The van der Waals surface area contributed by atoms with Crippen molar-refractivity contribution in [1.29, 1.82) is 0 Å². The van der Waals surface area contributed by atoms with Gasteiger partial charge < -0.3 is 14.4 Å². The Morgan fingerprint density at radius 3 is 2.50 bits per heavy atom. The molecule has 0 N–H and O–H groups in total. The molecule has 0 spiro atoms. The molecule has 1 aliphatic heterocycles. The van der Waals surface area contributed by atoms with Crippen molar-refractivity contribution in [1.82, 2.24) is 4.90 Å². The van der Waals surface area contributed by atoms with Crippen LogP contribution in [0.25, 0.3) is 0 Å². The van der Waals surface area contributed by atoms with E-state index in [1.165, 1.54) is 12.5 Å². The Morgan fingerprint density at radius 1 is 1.08 bits per heavy atom. The highest BCUT2D eigenvalue weighted by Crippen LogP contribution is 2.33. The van der Waals surface area contributed by atoms with Gasteiger partial charge in [0.05, 0.1) is 19.1 Å². The van der Waals surface area contributed by atoms with Crippen molar-refractivity contribution in [2.75, 3.05) is 13.2 Å². The molecule has 2 aromatic carbocycles. The van der Waals surface area contributed by atoms with Gasteiger partial charge in [0.15, 0.2) is 11.5 Å². The number of nitrogens with zero attached hydrogens (tertiary/aromatic N) is 1. The summed E-state index contributed by atoms with van der Waals surface area (Å²) in [5.74, 6) is 0.519. The van der Waals surface area contributed by atoms with Crippen LogP contribution < -0.4 is 9.47 Å². The minimum absolute atomic E-state index is 0.0352. The zero-order valence-electron chi connectivity index (χ0n) is 15.1. The zero-order chi connectivity index (χ0) is 18.5. The number of hydrogen-bond acceptors (Lipinski definition) is 4. The van der Waals surface area contributed by atoms with Crippen LogP contribution >= 0.6 is 0 Å². The van der Waals surface area contributed by atoms with Crippen molar-refractivity contribution in [2.45, 2.75) is 32.7 Å². The molecule has 0 aliphatic carbocycles. The van der Waals surface area contributed by atoms with Gasteiger partial charge in [-0.2, -0.15) is 0 Å². The molecule has 1 amide bonds. The molecule has 0 saturated heterocycles. The molecule has 0 radical (unpaired) electrons. The molecule has 5 heteroatoms. The average Bonchev–Trinajstić information content (AvgIpc) is 2.63. The third-order valence-electron chi connectivity index (χ3n) is 4.55. The van der Waals surface area contributed by atoms with Crippen LogP contribution in [0.1, 0.15) is 37.4 Å². The average molecular weight is 353 g/mol. The number of benzene rings is 2. The molecule has 0 aromatic heterocycles. The second-order valence-corrected chi connectivity index (χ2v) is 6.23. The van der Waals surface area contributed by atoms with Gasteiger partial charge in [0.25, 0.3) is 0 Å². The second kappa shape index (κ2) is 8.04. The van der Waals surface area contributed by atoms with E-state index in [0.29, 0.717) is 24.7 Å². The molecule has 0 bridgehead atoms. The van der Waals surface area contributed by atoms with Crippen LogP contribution in [0.15, 0.2) is 48.5 Å². The number of ether oxygens (including phenoxy) is 2. The Bertz CT molecular complexity index is 802. The van der Waals surface area contributed by atoms with Crippen molar-refractivity contribution in [3.63, 3.8) is 0 Å². The predicted molar refractivity (Wildman–Crippen MR) is 98.1 cm³/mol. The number of carbonyl (C=O) groups excluding carboxylic acids is 2. The van der Waals surface area contributed by atoms with Crippen molar-refractivity contribution in [3.8, 4) is 11.5 Å². The van der Waals surface area contributed by atoms with E-state index >= 15 is 0 Å². The van der Waals surface area contributed by atoms with Gasteiger partial charge in [-0.1, -0.05) is 36.4 Å². The van der Waals surface area contributed by atoms with E-state index in [1.54, 1.807) is 23.1 Å². The first-order valence-corrected chi connectivity index (χ1v) is 8.87. The lowest BCUT2D eigenvalue weighted by Gasteiger charge is -2.36. The van der Waals surface area contributed by atoms with Crippen LogP contribution in [0.3, 0.4) is 0 Å². The Morgan fingerprint density at radius 2 is 1.77 bits per heavy atom. The van der Waals surface area contributed by atoms with Gasteiger partial charge >= 0.3 is 5.97 Å². The maximum atomic E-state index is 12.6. The van der Waals surface area contributed by atoms with Gasteiger partial charge in [-0.3, -0.25) is 9.59 Å². The quantitative estimate of drug-likeness (QED) is 0.610. The lowest BCUT2D eigenvalue weighted by atomic mass is 9.90. The zero-order valence-corrected chi connectivity index (χ0v) is 15.1. The summed E-state index contributed by atoms with van der Waals surface area (Å²) >= 11 is 0. The van der Waals surface area contributed by atoms with E-state index < -0.39 is 0 Å². The molecule has 136 valence electrons. The van der Waals surface area contributed by atoms with Gasteiger partial charge in [-0.05, 0) is 36.6 Å². The summed E-state index contributed by atoms with van der Waals surface area (Å²) < 4.78 is 11.0. The van der Waals surface area contributed by atoms with Crippen LogP contribution in [-0.2, 0) is 16.0 Å². The first-order chi connectivity index (χ1) is 12.6. The second-order valence-electron chi connectivity index (χ2n) is 6.23. The number of amides is 1. The van der Waals surface area contributed by atoms with Crippen LogP contribution in [0.2, 0.25) is 0 Å². The number of carbonyl (C=O) groups is 2. The smallest absolute Gasteiger partial charge is 0.313 e. The van der Waals surface area contributed by atoms with E-state index in [1.807, 2.05) is 31.2 Å². The summed E-state index contributed by atoms with van der Waals surface area (Å²) in [6.07, 6.45) is 0.908. The Hall–Kier alpha value is -2.82. The van der Waals surface area contributed by atoms with Crippen molar-refractivity contribution in [2.24, 2.45) is 0 Å². The number of rotatable bonds is 5. The molecular weight excluding hydrogens is 330 g/mol. The fourth-order valence-corrected chi connectivity index (χ4v) is 3.38. The third kappa shape index (κ3) is 3.87. The SMILES string of the molecule is CCOc1ccccc1OC(=O)CC1c2ccccc2CCN1C(C)=O. The van der Waals surface area contributed by atoms with E-state index in [-0.39, 0.29) is 24.3 Å². The standard InChI is InChI=1S/C21H23NO4/c1-3-25-19-10-6-7-11-20(19)26-21(24)14-18-17-9-5-4-8-16(17)12-13-22(18)15(2)23/h4-11,18H,3,12-14H2,1-2H3. The van der Waals surface area contributed by atoms with Crippen LogP contribution in [0.4, 0.5) is 0 Å². The molecule has 3 rings (SSSR count). The minimum atomic E-state index is -0.384. The summed E-state index contributed by atoms with van der Waals surface area (Å²) in [4.78, 5) is 26.4. The van der Waals surface area contributed by atoms with Gasteiger partial charge in [0.2, 0.25) is 5.91 Å². The van der Waals surface area contributed by atoms with Gasteiger partial charge in [-0.25, -0.2) is 0 Å². The third-order valence-corrected chi connectivity index (χ3v) is 4.55. The Labute approximate surface area is 153 Å². The minimum Gasteiger partial charge on any atom is -0.490 e.